The summed E-state index contributed by atoms with van der Waals surface area (Å²) in [6.45, 7) is 0.158. The number of fused-ring (bicyclic) bond motifs is 1. The van der Waals surface area contributed by atoms with E-state index < -0.39 is 18.2 Å². The molecule has 0 saturated carbocycles. The molecule has 4 aromatic rings. The molecule has 1 aromatic heterocycles. The SMILES string of the molecule is O=C1N[C@H](Cc2ccccc2)C(=O)N[C@H]1Cc1cn(C(=O)OCc2ccccc2)c2ccccc12. The summed E-state index contributed by atoms with van der Waals surface area (Å²) in [5, 5.41) is 6.54. The van der Waals surface area contributed by atoms with Gasteiger partial charge in [-0.15, -0.1) is 0 Å². The first-order chi connectivity index (χ1) is 17.1. The van der Waals surface area contributed by atoms with Crippen molar-refractivity contribution >= 4 is 28.8 Å². The molecule has 176 valence electrons. The Morgan fingerprint density at radius 1 is 0.743 bits per heavy atom. The predicted octanol–water partition coefficient (Wildman–Crippen LogP) is 3.59. The van der Waals surface area contributed by atoms with E-state index in [1.54, 1.807) is 6.20 Å². The molecule has 2 amide bonds. The second-order valence-electron chi connectivity index (χ2n) is 8.60. The zero-order valence-corrected chi connectivity index (χ0v) is 19.0. The van der Waals surface area contributed by atoms with Gasteiger partial charge in [-0.3, -0.25) is 14.2 Å². The normalized spacial score (nSPS) is 17.6. The first kappa shape index (κ1) is 22.4. The molecule has 1 saturated heterocycles. The van der Waals surface area contributed by atoms with Crippen molar-refractivity contribution in [3.05, 3.63) is 108 Å². The van der Waals surface area contributed by atoms with Gasteiger partial charge in [-0.2, -0.15) is 0 Å². The summed E-state index contributed by atoms with van der Waals surface area (Å²) in [6, 6.07) is 25.1. The number of nitrogens with zero attached hydrogens (tertiary/aromatic N) is 1. The summed E-state index contributed by atoms with van der Waals surface area (Å²) in [5.41, 5.74) is 3.33. The maximum Gasteiger partial charge on any atom is 0.418 e. The van der Waals surface area contributed by atoms with Crippen LogP contribution in [0.4, 0.5) is 4.79 Å². The van der Waals surface area contributed by atoms with E-state index in [1.807, 2.05) is 84.9 Å². The molecule has 35 heavy (non-hydrogen) atoms. The van der Waals surface area contributed by atoms with Crippen LogP contribution in [-0.4, -0.2) is 34.6 Å². The Labute approximate surface area is 202 Å². The second-order valence-corrected chi connectivity index (χ2v) is 8.60. The average molecular weight is 468 g/mol. The fraction of sp³-hybridized carbons (Fsp3) is 0.179. The molecule has 1 aliphatic heterocycles. The van der Waals surface area contributed by atoms with Gasteiger partial charge in [0.25, 0.3) is 0 Å². The average Bonchev–Trinajstić information content (AvgIpc) is 3.25. The van der Waals surface area contributed by atoms with Crippen molar-refractivity contribution in [3.63, 3.8) is 0 Å². The van der Waals surface area contributed by atoms with Crippen LogP contribution in [0.2, 0.25) is 0 Å². The Balaban J connectivity index is 1.31. The minimum atomic E-state index is -0.728. The standard InChI is InChI=1S/C28H25N3O4/c32-26-23(15-19-9-3-1-4-10-19)29-27(33)24(30-26)16-21-17-31(25-14-8-7-13-22(21)25)28(34)35-18-20-11-5-2-6-12-20/h1-14,17,23-24H,15-16,18H2,(H,29,33)(H,30,32)/t23-,24+/m1/s1. The van der Waals surface area contributed by atoms with Gasteiger partial charge in [-0.1, -0.05) is 78.9 Å². The smallest absolute Gasteiger partial charge is 0.418 e. The van der Waals surface area contributed by atoms with Gasteiger partial charge in [0, 0.05) is 24.4 Å². The first-order valence-corrected chi connectivity index (χ1v) is 11.5. The van der Waals surface area contributed by atoms with Crippen LogP contribution >= 0.6 is 0 Å². The number of hydrogen-bond donors (Lipinski definition) is 2. The van der Waals surface area contributed by atoms with Crippen molar-refractivity contribution in [3.8, 4) is 0 Å². The van der Waals surface area contributed by atoms with E-state index in [0.29, 0.717) is 11.9 Å². The van der Waals surface area contributed by atoms with Crippen molar-refractivity contribution in [2.75, 3.05) is 0 Å². The molecular weight excluding hydrogens is 442 g/mol. The molecule has 0 aliphatic carbocycles. The highest BCUT2D eigenvalue weighted by atomic mass is 16.5. The van der Waals surface area contributed by atoms with E-state index in [9.17, 15) is 14.4 Å². The lowest BCUT2D eigenvalue weighted by molar-refractivity contribution is -0.136. The molecule has 0 spiro atoms. The third-order valence-electron chi connectivity index (χ3n) is 6.17. The van der Waals surface area contributed by atoms with Crippen LogP contribution in [0.3, 0.4) is 0 Å². The molecule has 2 heterocycles. The zero-order chi connectivity index (χ0) is 24.2. The highest BCUT2D eigenvalue weighted by Gasteiger charge is 2.34. The van der Waals surface area contributed by atoms with Gasteiger partial charge in [0.15, 0.2) is 0 Å². The highest BCUT2D eigenvalue weighted by molar-refractivity contribution is 5.98. The Bertz CT molecular complexity index is 1370. The monoisotopic (exact) mass is 467 g/mol. The lowest BCUT2D eigenvalue weighted by Crippen LogP contribution is -2.62. The van der Waals surface area contributed by atoms with Crippen molar-refractivity contribution in [1.82, 2.24) is 15.2 Å². The molecule has 5 rings (SSSR count). The first-order valence-electron chi connectivity index (χ1n) is 11.5. The predicted molar refractivity (Wildman–Crippen MR) is 132 cm³/mol. The van der Waals surface area contributed by atoms with E-state index in [1.165, 1.54) is 4.57 Å². The number of benzene rings is 3. The van der Waals surface area contributed by atoms with Crippen LogP contribution in [0, 0.1) is 0 Å². The van der Waals surface area contributed by atoms with Crippen molar-refractivity contribution < 1.29 is 19.1 Å². The van der Waals surface area contributed by atoms with Gasteiger partial charge in [0.1, 0.15) is 18.7 Å². The van der Waals surface area contributed by atoms with Gasteiger partial charge >= 0.3 is 6.09 Å². The molecule has 0 bridgehead atoms. The molecule has 7 nitrogen and oxygen atoms in total. The van der Waals surface area contributed by atoms with Gasteiger partial charge in [0.2, 0.25) is 11.8 Å². The number of para-hydroxylation sites is 1. The highest BCUT2D eigenvalue weighted by Crippen LogP contribution is 2.24. The summed E-state index contributed by atoms with van der Waals surface area (Å²) in [7, 11) is 0. The van der Waals surface area contributed by atoms with E-state index in [4.69, 9.17) is 4.74 Å². The lowest BCUT2D eigenvalue weighted by Gasteiger charge is -2.29. The molecule has 1 fully saturated rings. The molecule has 1 aliphatic rings. The fourth-order valence-electron chi connectivity index (χ4n) is 4.39. The number of aromatic nitrogens is 1. The van der Waals surface area contributed by atoms with Crippen LogP contribution in [0.15, 0.2) is 91.1 Å². The Morgan fingerprint density at radius 3 is 2.00 bits per heavy atom. The Morgan fingerprint density at radius 2 is 1.31 bits per heavy atom. The van der Waals surface area contributed by atoms with Gasteiger partial charge in [-0.05, 0) is 22.8 Å². The second kappa shape index (κ2) is 9.85. The molecule has 7 heteroatoms. The van der Waals surface area contributed by atoms with Crippen LogP contribution in [-0.2, 0) is 33.8 Å². The van der Waals surface area contributed by atoms with E-state index >= 15 is 0 Å². The maximum absolute atomic E-state index is 12.9. The van der Waals surface area contributed by atoms with Gasteiger partial charge in [-0.25, -0.2) is 4.79 Å². The van der Waals surface area contributed by atoms with E-state index in [0.717, 1.165) is 22.1 Å². The molecular formula is C28H25N3O4. The molecule has 2 N–H and O–H groups in total. The molecule has 0 unspecified atom stereocenters. The zero-order valence-electron chi connectivity index (χ0n) is 19.0. The number of piperazine rings is 1. The maximum atomic E-state index is 12.9. The number of nitrogens with one attached hydrogen (secondary N) is 2. The van der Waals surface area contributed by atoms with E-state index in [-0.39, 0.29) is 24.8 Å². The Hall–Kier alpha value is -4.39. The van der Waals surface area contributed by atoms with Crippen LogP contribution in [0.1, 0.15) is 16.7 Å². The summed E-state index contributed by atoms with van der Waals surface area (Å²) in [5.74, 6) is -0.460. The largest absolute Gasteiger partial charge is 0.444 e. The van der Waals surface area contributed by atoms with Crippen LogP contribution in [0.25, 0.3) is 10.9 Å². The number of hydrogen-bond acceptors (Lipinski definition) is 4. The Kier molecular flexibility index (Phi) is 6.30. The summed E-state index contributed by atoms with van der Waals surface area (Å²) < 4.78 is 6.96. The molecule has 2 atom stereocenters. The summed E-state index contributed by atoms with van der Waals surface area (Å²) in [4.78, 5) is 38.5. The summed E-state index contributed by atoms with van der Waals surface area (Å²) >= 11 is 0. The fourth-order valence-corrected chi connectivity index (χ4v) is 4.39. The number of amides is 2. The quantitative estimate of drug-likeness (QED) is 0.454. The molecule has 3 aromatic carbocycles. The minimum Gasteiger partial charge on any atom is -0.444 e. The lowest BCUT2D eigenvalue weighted by atomic mass is 9.98. The van der Waals surface area contributed by atoms with Crippen molar-refractivity contribution in [2.24, 2.45) is 0 Å². The van der Waals surface area contributed by atoms with Gasteiger partial charge < -0.3 is 15.4 Å². The number of carbonyl (C=O) groups excluding carboxylic acids is 3. The van der Waals surface area contributed by atoms with E-state index in [2.05, 4.69) is 10.6 Å². The number of ether oxygens (including phenoxy) is 1. The topological polar surface area (TPSA) is 89.4 Å². The van der Waals surface area contributed by atoms with Gasteiger partial charge in [0.05, 0.1) is 5.52 Å². The third kappa shape index (κ3) is 4.94. The van der Waals surface area contributed by atoms with Crippen LogP contribution < -0.4 is 10.6 Å². The number of carbonyl (C=O) groups is 3. The number of rotatable bonds is 6. The van der Waals surface area contributed by atoms with Crippen molar-refractivity contribution in [1.29, 1.82) is 0 Å². The van der Waals surface area contributed by atoms with Crippen molar-refractivity contribution in [2.45, 2.75) is 31.5 Å². The third-order valence-corrected chi connectivity index (χ3v) is 6.17. The molecule has 0 radical (unpaired) electrons. The van der Waals surface area contributed by atoms with Crippen LogP contribution in [0.5, 0.6) is 0 Å². The summed E-state index contributed by atoms with van der Waals surface area (Å²) in [6.07, 6.45) is 1.87. The minimum absolute atomic E-state index is 0.158.